The molecule has 1 aromatic heterocycles. The number of ether oxygens (including phenoxy) is 1. The molecule has 0 saturated carbocycles. The Labute approximate surface area is 188 Å². The summed E-state index contributed by atoms with van der Waals surface area (Å²) in [5.41, 5.74) is 0.379. The second-order valence-corrected chi connectivity index (χ2v) is 10.3. The molecule has 174 valence electrons. The minimum atomic E-state index is -3.66. The van der Waals surface area contributed by atoms with Gasteiger partial charge in [0.25, 0.3) is 0 Å². The molecule has 1 aromatic carbocycles. The van der Waals surface area contributed by atoms with Gasteiger partial charge < -0.3 is 14.6 Å². The molecule has 2 aliphatic rings. The number of likely N-dealkylation sites (N-methyl/N-ethyl adjacent to an activating group) is 1. The summed E-state index contributed by atoms with van der Waals surface area (Å²) in [5.74, 6) is 1.06. The van der Waals surface area contributed by atoms with E-state index in [0.29, 0.717) is 50.4 Å². The van der Waals surface area contributed by atoms with Crippen LogP contribution >= 0.6 is 0 Å². The average molecular weight is 463 g/mol. The van der Waals surface area contributed by atoms with E-state index in [1.165, 1.54) is 4.31 Å². The largest absolute Gasteiger partial charge is 0.489 e. The summed E-state index contributed by atoms with van der Waals surface area (Å²) in [6.45, 7) is 4.66. The average Bonchev–Trinajstić information content (AvgIpc) is 3.37. The van der Waals surface area contributed by atoms with Gasteiger partial charge in [-0.15, -0.1) is 0 Å². The molecule has 9 nitrogen and oxygen atoms in total. The minimum absolute atomic E-state index is 0.0325. The van der Waals surface area contributed by atoms with Crippen LogP contribution in [0.25, 0.3) is 0 Å². The van der Waals surface area contributed by atoms with Crippen LogP contribution in [-0.4, -0.2) is 73.6 Å². The van der Waals surface area contributed by atoms with Gasteiger partial charge in [0.1, 0.15) is 22.4 Å². The maximum Gasteiger partial charge on any atom is 0.248 e. The Morgan fingerprint density at radius 1 is 1.19 bits per heavy atom. The quantitative estimate of drug-likeness (QED) is 0.697. The Balaban J connectivity index is 1.44. The summed E-state index contributed by atoms with van der Waals surface area (Å²) in [7, 11) is -2.01. The number of hydrogen-bond donors (Lipinski definition) is 1. The number of sulfonamides is 1. The number of benzene rings is 1. The van der Waals surface area contributed by atoms with Crippen molar-refractivity contribution in [1.29, 1.82) is 0 Å². The maximum absolute atomic E-state index is 13.1. The van der Waals surface area contributed by atoms with Crippen LogP contribution in [0, 0.1) is 13.8 Å². The molecule has 0 bridgehead atoms. The minimum Gasteiger partial charge on any atom is -0.489 e. The number of aromatic nitrogens is 1. The van der Waals surface area contributed by atoms with Crippen molar-refractivity contribution < 1.29 is 22.5 Å². The van der Waals surface area contributed by atoms with E-state index in [0.717, 1.165) is 5.75 Å². The monoisotopic (exact) mass is 462 g/mol. The highest BCUT2D eigenvalue weighted by Crippen LogP contribution is 2.31. The lowest BCUT2D eigenvalue weighted by atomic mass is 10.0. The molecule has 10 heteroatoms. The van der Waals surface area contributed by atoms with Crippen LogP contribution in [0.4, 0.5) is 0 Å². The van der Waals surface area contributed by atoms with Crippen molar-refractivity contribution in [2.45, 2.75) is 56.2 Å². The highest BCUT2D eigenvalue weighted by atomic mass is 32.2. The van der Waals surface area contributed by atoms with Gasteiger partial charge in [-0.3, -0.25) is 9.69 Å². The van der Waals surface area contributed by atoms with Crippen molar-refractivity contribution in [1.82, 2.24) is 19.7 Å². The summed E-state index contributed by atoms with van der Waals surface area (Å²) in [6.07, 6.45) is 1.80. The fourth-order valence-corrected chi connectivity index (χ4v) is 6.57. The number of likely N-dealkylation sites (tertiary alicyclic amines) is 1. The van der Waals surface area contributed by atoms with E-state index in [-0.39, 0.29) is 29.0 Å². The topological polar surface area (TPSA) is 105 Å². The van der Waals surface area contributed by atoms with Gasteiger partial charge in [-0.1, -0.05) is 23.4 Å². The number of nitrogens with zero attached hydrogens (tertiary/aromatic N) is 3. The Morgan fingerprint density at radius 2 is 1.88 bits per heavy atom. The molecule has 2 aliphatic heterocycles. The molecule has 32 heavy (non-hydrogen) atoms. The molecule has 2 aromatic rings. The molecule has 3 heterocycles. The zero-order chi connectivity index (χ0) is 22.9. The SMILES string of the molecule is CNC(=O)[C@@H]1C[C@H](Oc2ccccc2)CN1C1CCN(S(=O)(=O)c2c(C)noc2C)CC1. The first-order valence-corrected chi connectivity index (χ1v) is 12.4. The molecule has 0 radical (unpaired) electrons. The molecule has 4 rings (SSSR count). The number of carbonyl (C=O) groups is 1. The van der Waals surface area contributed by atoms with E-state index >= 15 is 0 Å². The zero-order valence-electron chi connectivity index (χ0n) is 18.7. The van der Waals surface area contributed by atoms with E-state index < -0.39 is 10.0 Å². The first-order chi connectivity index (χ1) is 15.3. The highest BCUT2D eigenvalue weighted by Gasteiger charge is 2.43. The first-order valence-electron chi connectivity index (χ1n) is 10.9. The third kappa shape index (κ3) is 4.39. The normalized spacial score (nSPS) is 23.3. The van der Waals surface area contributed by atoms with Crippen LogP contribution in [0.2, 0.25) is 0 Å². The van der Waals surface area contributed by atoms with Crippen LogP contribution in [0.3, 0.4) is 0 Å². The lowest BCUT2D eigenvalue weighted by molar-refractivity contribution is -0.126. The third-order valence-electron chi connectivity index (χ3n) is 6.35. The van der Waals surface area contributed by atoms with E-state index in [4.69, 9.17) is 9.26 Å². The van der Waals surface area contributed by atoms with Crippen LogP contribution in [0.1, 0.15) is 30.7 Å². The number of rotatable bonds is 6. The molecule has 0 aliphatic carbocycles. The predicted octanol–water partition coefficient (Wildman–Crippen LogP) is 1.71. The van der Waals surface area contributed by atoms with Crippen LogP contribution in [-0.2, 0) is 14.8 Å². The predicted molar refractivity (Wildman–Crippen MR) is 118 cm³/mol. The van der Waals surface area contributed by atoms with Gasteiger partial charge in [0.15, 0.2) is 5.76 Å². The number of hydrogen-bond acceptors (Lipinski definition) is 7. The van der Waals surface area contributed by atoms with Gasteiger partial charge in [0, 0.05) is 39.1 Å². The maximum atomic E-state index is 13.1. The van der Waals surface area contributed by atoms with Crippen LogP contribution in [0.5, 0.6) is 5.75 Å². The van der Waals surface area contributed by atoms with Crippen molar-refractivity contribution in [3.05, 3.63) is 41.8 Å². The van der Waals surface area contributed by atoms with Gasteiger partial charge in [-0.2, -0.15) is 4.31 Å². The van der Waals surface area contributed by atoms with E-state index in [1.807, 2.05) is 30.3 Å². The second kappa shape index (κ2) is 9.21. The highest BCUT2D eigenvalue weighted by molar-refractivity contribution is 7.89. The number of para-hydroxylation sites is 1. The van der Waals surface area contributed by atoms with Gasteiger partial charge in [0.2, 0.25) is 15.9 Å². The Morgan fingerprint density at radius 3 is 2.47 bits per heavy atom. The fraction of sp³-hybridized carbons (Fsp3) is 0.545. The van der Waals surface area contributed by atoms with E-state index in [2.05, 4.69) is 15.4 Å². The number of amides is 1. The number of nitrogens with one attached hydrogen (secondary N) is 1. The molecular weight excluding hydrogens is 432 g/mol. The first kappa shape index (κ1) is 22.8. The number of piperidine rings is 1. The Kier molecular flexibility index (Phi) is 6.55. The van der Waals surface area contributed by atoms with Crippen molar-refractivity contribution >= 4 is 15.9 Å². The van der Waals surface area contributed by atoms with E-state index in [1.54, 1.807) is 20.9 Å². The molecule has 2 saturated heterocycles. The van der Waals surface area contributed by atoms with Crippen molar-refractivity contribution in [3.8, 4) is 5.75 Å². The lowest BCUT2D eigenvalue weighted by Crippen LogP contribution is -2.51. The summed E-state index contributed by atoms with van der Waals surface area (Å²) in [5, 5.41) is 6.55. The molecule has 0 spiro atoms. The standard InChI is InChI=1S/C22H30N4O5S/c1-15-21(16(2)31-24-15)32(28,29)25-11-9-17(10-12-25)26-14-19(13-20(26)22(27)23-3)30-18-7-5-4-6-8-18/h4-8,17,19-20H,9-14H2,1-3H3,(H,23,27)/t19-,20-/m0/s1. The summed E-state index contributed by atoms with van der Waals surface area (Å²) >= 11 is 0. The lowest BCUT2D eigenvalue weighted by Gasteiger charge is -2.38. The van der Waals surface area contributed by atoms with Crippen LogP contribution in [0.15, 0.2) is 39.8 Å². The Bertz CT molecular complexity index is 1030. The molecule has 2 fully saturated rings. The molecule has 0 unspecified atom stereocenters. The smallest absolute Gasteiger partial charge is 0.248 e. The fourth-order valence-electron chi connectivity index (χ4n) is 4.81. The molecular formula is C22H30N4O5S. The summed E-state index contributed by atoms with van der Waals surface area (Å²) in [4.78, 5) is 14.9. The summed E-state index contributed by atoms with van der Waals surface area (Å²) in [6, 6.07) is 9.43. The third-order valence-corrected chi connectivity index (χ3v) is 8.50. The van der Waals surface area contributed by atoms with E-state index in [9.17, 15) is 13.2 Å². The van der Waals surface area contributed by atoms with Gasteiger partial charge in [0.05, 0.1) is 6.04 Å². The zero-order valence-corrected chi connectivity index (χ0v) is 19.5. The second-order valence-electron chi connectivity index (χ2n) is 8.40. The molecule has 1 amide bonds. The Hall–Kier alpha value is -2.43. The number of carbonyl (C=O) groups excluding carboxylic acids is 1. The molecule has 2 atom stereocenters. The van der Waals surface area contributed by atoms with Crippen molar-refractivity contribution in [3.63, 3.8) is 0 Å². The van der Waals surface area contributed by atoms with Gasteiger partial charge in [-0.05, 0) is 38.8 Å². The summed E-state index contributed by atoms with van der Waals surface area (Å²) < 4.78 is 38.9. The van der Waals surface area contributed by atoms with Crippen LogP contribution < -0.4 is 10.1 Å². The molecule has 1 N–H and O–H groups in total. The van der Waals surface area contributed by atoms with Crippen molar-refractivity contribution in [2.24, 2.45) is 0 Å². The van der Waals surface area contributed by atoms with Crippen molar-refractivity contribution in [2.75, 3.05) is 26.7 Å². The van der Waals surface area contributed by atoms with Gasteiger partial charge >= 0.3 is 0 Å². The number of aryl methyl sites for hydroxylation is 2. The van der Waals surface area contributed by atoms with Gasteiger partial charge in [-0.25, -0.2) is 8.42 Å².